The van der Waals surface area contributed by atoms with Crippen molar-refractivity contribution in [3.05, 3.63) is 64.7 Å². The predicted octanol–water partition coefficient (Wildman–Crippen LogP) is 5.11. The molecule has 0 aliphatic heterocycles. The number of benzene rings is 2. The number of rotatable bonds is 12. The van der Waals surface area contributed by atoms with Crippen molar-refractivity contribution in [3.8, 4) is 5.75 Å². The molecule has 0 saturated carbocycles. The van der Waals surface area contributed by atoms with Crippen molar-refractivity contribution in [2.24, 2.45) is 0 Å². The van der Waals surface area contributed by atoms with E-state index >= 15 is 0 Å². The van der Waals surface area contributed by atoms with E-state index in [9.17, 15) is 9.59 Å². The maximum Gasteiger partial charge on any atom is 0.338 e. The molecular weight excluding hydrogens is 403 g/mol. The Balaban J connectivity index is 1.92. The largest absolute Gasteiger partial charge is 0.490 e. The first kappa shape index (κ1) is 24.0. The average molecular weight is 432 g/mol. The van der Waals surface area contributed by atoms with E-state index in [2.05, 4.69) is 0 Å². The quantitative estimate of drug-likeness (QED) is 0.201. The second kappa shape index (κ2) is 12.4. The smallest absolute Gasteiger partial charge is 0.338 e. The summed E-state index contributed by atoms with van der Waals surface area (Å²) in [5.41, 5.74) is 2.89. The summed E-state index contributed by atoms with van der Waals surface area (Å²) < 4.78 is 22.1. The summed E-state index contributed by atoms with van der Waals surface area (Å²) in [4.78, 5) is 24.7. The number of esters is 1. The van der Waals surface area contributed by atoms with Gasteiger partial charge < -0.3 is 18.5 Å². The van der Waals surface area contributed by atoms with E-state index in [1.165, 1.54) is 0 Å². The average Bonchev–Trinajstić information content (AvgIpc) is 2.74. The van der Waals surface area contributed by atoms with Gasteiger partial charge in [0.25, 0.3) is 0 Å². The number of hydrogen-bond acceptors (Lipinski definition) is 6. The van der Waals surface area contributed by atoms with Crippen molar-refractivity contribution in [2.45, 2.75) is 27.7 Å². The molecule has 2 aromatic carbocycles. The Labute approximate surface area is 179 Å². The van der Waals surface area contributed by atoms with Crippen LogP contribution in [-0.4, -0.2) is 44.3 Å². The first-order valence-electron chi connectivity index (χ1n) is 9.99. The molecule has 0 radical (unpaired) electrons. The Morgan fingerprint density at radius 3 is 2.17 bits per heavy atom. The summed E-state index contributed by atoms with van der Waals surface area (Å²) in [5.74, 6) is 0.275. The molecule has 0 N–H and O–H groups in total. The topological polar surface area (TPSA) is 71.1 Å². The lowest BCUT2D eigenvalue weighted by molar-refractivity contribution is 0.0450. The van der Waals surface area contributed by atoms with Gasteiger partial charge in [-0.2, -0.15) is 0 Å². The van der Waals surface area contributed by atoms with Gasteiger partial charge in [0.1, 0.15) is 19.0 Å². The highest BCUT2D eigenvalue weighted by Gasteiger charge is 2.20. The van der Waals surface area contributed by atoms with E-state index in [1.807, 2.05) is 33.8 Å². The molecule has 0 unspecified atom stereocenters. The predicted molar refractivity (Wildman–Crippen MR) is 118 cm³/mol. The minimum atomic E-state index is -1.22. The fraction of sp³-hybridized carbons (Fsp3) is 0.391. The Hall–Kier alpha value is -2.27. The third kappa shape index (κ3) is 6.91. The van der Waals surface area contributed by atoms with Crippen molar-refractivity contribution in [2.75, 3.05) is 32.6 Å². The summed E-state index contributed by atoms with van der Waals surface area (Å²) in [6.45, 7) is 8.97. The highest BCUT2D eigenvalue weighted by molar-refractivity contribution is 7.48. The van der Waals surface area contributed by atoms with Gasteiger partial charge in [0.05, 0.1) is 24.9 Å². The van der Waals surface area contributed by atoms with Crippen molar-refractivity contribution < 1.29 is 28.1 Å². The van der Waals surface area contributed by atoms with Crippen molar-refractivity contribution >= 4 is 20.1 Å². The van der Waals surface area contributed by atoms with Gasteiger partial charge in [0.15, 0.2) is 14.2 Å². The molecule has 0 spiro atoms. The number of ether oxygens (including phenoxy) is 2. The van der Waals surface area contributed by atoms with Crippen LogP contribution in [0.4, 0.5) is 0 Å². The fourth-order valence-electron chi connectivity index (χ4n) is 2.82. The highest BCUT2D eigenvalue weighted by atomic mass is 31.2. The van der Waals surface area contributed by atoms with Gasteiger partial charge in [-0.1, -0.05) is 18.2 Å². The fourth-order valence-corrected chi connectivity index (χ4v) is 4.05. The Kier molecular flexibility index (Phi) is 9.95. The van der Waals surface area contributed by atoms with Gasteiger partial charge in [0, 0.05) is 5.56 Å². The Morgan fingerprint density at radius 2 is 1.53 bits per heavy atom. The zero-order valence-corrected chi connectivity index (χ0v) is 18.9. The maximum atomic E-state index is 12.7. The van der Waals surface area contributed by atoms with Crippen LogP contribution in [0.15, 0.2) is 42.5 Å². The van der Waals surface area contributed by atoms with E-state index < -0.39 is 8.38 Å². The molecule has 2 rings (SSSR count). The maximum absolute atomic E-state index is 12.7. The summed E-state index contributed by atoms with van der Waals surface area (Å²) in [5, 5.41) is 0. The van der Waals surface area contributed by atoms with Gasteiger partial charge in [-0.05, 0) is 63.1 Å². The third-order valence-corrected chi connectivity index (χ3v) is 6.08. The molecule has 162 valence electrons. The van der Waals surface area contributed by atoms with Gasteiger partial charge >= 0.3 is 5.97 Å². The van der Waals surface area contributed by atoms with Crippen molar-refractivity contribution in [1.29, 1.82) is 0 Å². The summed E-state index contributed by atoms with van der Waals surface area (Å²) in [7, 11) is -1.22. The molecule has 0 heterocycles. The summed E-state index contributed by atoms with van der Waals surface area (Å²) >= 11 is 0. The van der Waals surface area contributed by atoms with Gasteiger partial charge in [-0.25, -0.2) is 4.79 Å². The van der Waals surface area contributed by atoms with Crippen LogP contribution in [0.2, 0.25) is 0 Å². The molecule has 0 saturated heterocycles. The van der Waals surface area contributed by atoms with Crippen LogP contribution in [0, 0.1) is 13.8 Å². The van der Waals surface area contributed by atoms with E-state index in [0.29, 0.717) is 30.1 Å². The second-order valence-electron chi connectivity index (χ2n) is 6.46. The molecule has 0 aromatic heterocycles. The lowest BCUT2D eigenvalue weighted by Crippen LogP contribution is -2.13. The van der Waals surface area contributed by atoms with Crippen molar-refractivity contribution in [3.63, 3.8) is 0 Å². The normalized spacial score (nSPS) is 10.8. The zero-order chi connectivity index (χ0) is 21.9. The molecule has 0 aliphatic rings. The first-order valence-corrected chi connectivity index (χ1v) is 11.4. The summed E-state index contributed by atoms with van der Waals surface area (Å²) in [6.07, 6.45) is 0.229. The third-order valence-electron chi connectivity index (χ3n) is 4.44. The van der Waals surface area contributed by atoms with E-state index in [0.717, 1.165) is 11.1 Å². The van der Waals surface area contributed by atoms with Crippen LogP contribution in [0.25, 0.3) is 0 Å². The van der Waals surface area contributed by atoms with Crippen LogP contribution in [0.1, 0.15) is 45.7 Å². The number of carbonyl (C=O) groups excluding carboxylic acids is 2. The van der Waals surface area contributed by atoms with Crippen LogP contribution >= 0.6 is 8.38 Å². The minimum Gasteiger partial charge on any atom is -0.490 e. The van der Waals surface area contributed by atoms with E-state index in [-0.39, 0.29) is 31.1 Å². The van der Waals surface area contributed by atoms with Gasteiger partial charge in [-0.15, -0.1) is 0 Å². The number of carbonyl (C=O) groups is 2. The first-order chi connectivity index (χ1) is 14.5. The lowest BCUT2D eigenvalue weighted by atomic mass is 10.00. The van der Waals surface area contributed by atoms with Crippen LogP contribution in [-0.2, 0) is 13.8 Å². The Bertz CT molecular complexity index is 831. The monoisotopic (exact) mass is 432 g/mol. The van der Waals surface area contributed by atoms with E-state index in [4.69, 9.17) is 18.5 Å². The SMILES string of the molecule is CCOP(CC(=O)c1ccc(OCCOC(=O)c2ccccc2)c(C)c1C)OCC. The molecule has 0 fully saturated rings. The zero-order valence-electron chi connectivity index (χ0n) is 18.0. The standard InChI is InChI=1S/C23H29O6P/c1-5-28-30(29-6-2)16-21(24)20-12-13-22(18(4)17(20)3)26-14-15-27-23(25)19-10-8-7-9-11-19/h7-13H,5-6,14-16H2,1-4H3. The van der Waals surface area contributed by atoms with Crippen LogP contribution in [0.5, 0.6) is 5.75 Å². The molecule has 2 aromatic rings. The van der Waals surface area contributed by atoms with E-state index in [1.54, 1.807) is 36.4 Å². The molecular formula is C23H29O6P. The second-order valence-corrected chi connectivity index (χ2v) is 7.96. The number of Topliss-reactive ketones (excluding diaryl/α,β-unsaturated/α-hetero) is 1. The molecule has 0 amide bonds. The highest BCUT2D eigenvalue weighted by Crippen LogP contribution is 2.39. The molecule has 6 nitrogen and oxygen atoms in total. The molecule has 0 aliphatic carbocycles. The molecule has 0 bridgehead atoms. The number of hydrogen-bond donors (Lipinski definition) is 0. The summed E-state index contributed by atoms with van der Waals surface area (Å²) in [6, 6.07) is 12.4. The van der Waals surface area contributed by atoms with Crippen LogP contribution in [0.3, 0.4) is 0 Å². The van der Waals surface area contributed by atoms with Crippen LogP contribution < -0.4 is 4.74 Å². The molecule has 30 heavy (non-hydrogen) atoms. The van der Waals surface area contributed by atoms with Gasteiger partial charge in [-0.3, -0.25) is 4.79 Å². The number of ketones is 1. The molecule has 0 atom stereocenters. The minimum absolute atomic E-state index is 0.00745. The van der Waals surface area contributed by atoms with Crippen molar-refractivity contribution in [1.82, 2.24) is 0 Å². The lowest BCUT2D eigenvalue weighted by Gasteiger charge is -2.17. The van der Waals surface area contributed by atoms with Gasteiger partial charge in [0.2, 0.25) is 0 Å². The molecule has 7 heteroatoms. The Morgan fingerprint density at radius 1 is 0.867 bits per heavy atom.